The van der Waals surface area contributed by atoms with Crippen LogP contribution in [0.5, 0.6) is 0 Å². The predicted octanol–water partition coefficient (Wildman–Crippen LogP) is 0.466. The second-order valence-electron chi connectivity index (χ2n) is 2.94. The molecule has 0 aromatic carbocycles. The van der Waals surface area contributed by atoms with Gasteiger partial charge in [0.25, 0.3) is 0 Å². The van der Waals surface area contributed by atoms with Crippen molar-refractivity contribution >= 4 is 5.97 Å². The number of esters is 1. The number of hydrogen-bond donors (Lipinski definition) is 2. The van der Waals surface area contributed by atoms with E-state index in [1.165, 1.54) is 0 Å². The molecule has 4 heteroatoms. The van der Waals surface area contributed by atoms with Crippen LogP contribution in [0.15, 0.2) is 12.7 Å². The molecule has 1 unspecified atom stereocenters. The summed E-state index contributed by atoms with van der Waals surface area (Å²) in [7, 11) is 0. The SMILES string of the molecule is C=CCCNCC(O)CC(=O)OCC. The first-order valence-electron chi connectivity index (χ1n) is 4.86. The van der Waals surface area contributed by atoms with E-state index in [4.69, 9.17) is 4.74 Å². The van der Waals surface area contributed by atoms with Crippen molar-refractivity contribution in [1.82, 2.24) is 5.32 Å². The standard InChI is InChI=1S/C10H19NO3/c1-3-5-6-11-8-9(12)7-10(13)14-4-2/h3,9,11-12H,1,4-8H2,2H3. The van der Waals surface area contributed by atoms with Gasteiger partial charge in [-0.25, -0.2) is 0 Å². The molecule has 2 N–H and O–H groups in total. The fourth-order valence-corrected chi connectivity index (χ4v) is 0.957. The van der Waals surface area contributed by atoms with E-state index in [0.717, 1.165) is 13.0 Å². The van der Waals surface area contributed by atoms with E-state index in [1.807, 2.05) is 0 Å². The van der Waals surface area contributed by atoms with Crippen LogP contribution < -0.4 is 5.32 Å². The number of aliphatic hydroxyl groups excluding tert-OH is 1. The Morgan fingerprint density at radius 2 is 2.43 bits per heavy atom. The summed E-state index contributed by atoms with van der Waals surface area (Å²) < 4.78 is 4.70. The molecule has 0 saturated carbocycles. The van der Waals surface area contributed by atoms with Gasteiger partial charge >= 0.3 is 5.97 Å². The second-order valence-corrected chi connectivity index (χ2v) is 2.94. The highest BCUT2D eigenvalue weighted by atomic mass is 16.5. The van der Waals surface area contributed by atoms with Gasteiger partial charge in [0.2, 0.25) is 0 Å². The summed E-state index contributed by atoms with van der Waals surface area (Å²) >= 11 is 0. The molecule has 0 heterocycles. The van der Waals surface area contributed by atoms with E-state index >= 15 is 0 Å². The fourth-order valence-electron chi connectivity index (χ4n) is 0.957. The minimum absolute atomic E-state index is 0.0505. The lowest BCUT2D eigenvalue weighted by Crippen LogP contribution is -2.29. The van der Waals surface area contributed by atoms with Crippen molar-refractivity contribution in [3.05, 3.63) is 12.7 Å². The summed E-state index contributed by atoms with van der Waals surface area (Å²) in [5.74, 6) is -0.356. The minimum atomic E-state index is -0.668. The van der Waals surface area contributed by atoms with E-state index in [0.29, 0.717) is 13.2 Å². The molecule has 0 fully saturated rings. The van der Waals surface area contributed by atoms with E-state index in [1.54, 1.807) is 13.0 Å². The average Bonchev–Trinajstić information content (AvgIpc) is 2.13. The number of ether oxygens (including phenoxy) is 1. The highest BCUT2D eigenvalue weighted by Gasteiger charge is 2.10. The van der Waals surface area contributed by atoms with Crippen LogP contribution in [0, 0.1) is 0 Å². The van der Waals surface area contributed by atoms with Gasteiger partial charge in [-0.3, -0.25) is 4.79 Å². The molecule has 0 aromatic rings. The van der Waals surface area contributed by atoms with Crippen molar-refractivity contribution < 1.29 is 14.6 Å². The minimum Gasteiger partial charge on any atom is -0.466 e. The van der Waals surface area contributed by atoms with Gasteiger partial charge in [0.1, 0.15) is 0 Å². The highest BCUT2D eigenvalue weighted by molar-refractivity contribution is 5.69. The van der Waals surface area contributed by atoms with Crippen LogP contribution in [0.3, 0.4) is 0 Å². The van der Waals surface area contributed by atoms with Gasteiger partial charge in [0.15, 0.2) is 0 Å². The summed E-state index contributed by atoms with van der Waals surface area (Å²) in [6.45, 7) is 6.85. The number of rotatable bonds is 8. The maximum absolute atomic E-state index is 10.9. The Morgan fingerprint density at radius 1 is 1.71 bits per heavy atom. The molecule has 82 valence electrons. The zero-order chi connectivity index (χ0) is 10.8. The van der Waals surface area contributed by atoms with E-state index < -0.39 is 6.10 Å². The van der Waals surface area contributed by atoms with Crippen LogP contribution in [-0.2, 0) is 9.53 Å². The van der Waals surface area contributed by atoms with Gasteiger partial charge in [0, 0.05) is 6.54 Å². The molecule has 0 amide bonds. The van der Waals surface area contributed by atoms with E-state index in [-0.39, 0.29) is 12.4 Å². The fraction of sp³-hybridized carbons (Fsp3) is 0.700. The summed E-state index contributed by atoms with van der Waals surface area (Å²) in [6.07, 6.45) is 2.03. The lowest BCUT2D eigenvalue weighted by atomic mass is 10.2. The first kappa shape index (κ1) is 13.1. The monoisotopic (exact) mass is 201 g/mol. The largest absolute Gasteiger partial charge is 0.466 e. The summed E-state index contributed by atoms with van der Waals surface area (Å²) in [4.78, 5) is 10.9. The molecule has 0 spiro atoms. The number of aliphatic hydroxyl groups is 1. The van der Waals surface area contributed by atoms with E-state index in [2.05, 4.69) is 11.9 Å². The number of hydrogen-bond acceptors (Lipinski definition) is 4. The normalized spacial score (nSPS) is 12.1. The number of carbonyl (C=O) groups excluding carboxylic acids is 1. The molecule has 1 atom stereocenters. The zero-order valence-corrected chi connectivity index (χ0v) is 8.66. The molecular formula is C10H19NO3. The first-order valence-corrected chi connectivity index (χ1v) is 4.86. The average molecular weight is 201 g/mol. The van der Waals surface area contributed by atoms with Crippen molar-refractivity contribution in [1.29, 1.82) is 0 Å². The molecule has 0 aliphatic heterocycles. The molecule has 0 aliphatic carbocycles. The zero-order valence-electron chi connectivity index (χ0n) is 8.66. The second kappa shape index (κ2) is 8.72. The van der Waals surface area contributed by atoms with Gasteiger partial charge < -0.3 is 15.2 Å². The van der Waals surface area contributed by atoms with Crippen molar-refractivity contribution in [2.24, 2.45) is 0 Å². The Labute approximate surface area is 85.0 Å². The molecule has 0 aromatic heterocycles. The molecule has 0 saturated heterocycles. The third-order valence-corrected chi connectivity index (χ3v) is 1.61. The third-order valence-electron chi connectivity index (χ3n) is 1.61. The smallest absolute Gasteiger partial charge is 0.308 e. The van der Waals surface area contributed by atoms with Crippen LogP contribution in [-0.4, -0.2) is 36.9 Å². The summed E-state index contributed by atoms with van der Waals surface area (Å²) in [5.41, 5.74) is 0. The molecule has 0 radical (unpaired) electrons. The molecule has 14 heavy (non-hydrogen) atoms. The van der Waals surface area contributed by atoms with Crippen LogP contribution in [0.2, 0.25) is 0 Å². The quantitative estimate of drug-likeness (QED) is 0.340. The predicted molar refractivity (Wildman–Crippen MR) is 54.9 cm³/mol. The van der Waals surface area contributed by atoms with Crippen LogP contribution in [0.4, 0.5) is 0 Å². The van der Waals surface area contributed by atoms with Gasteiger partial charge in [-0.2, -0.15) is 0 Å². The van der Waals surface area contributed by atoms with Gasteiger partial charge in [-0.05, 0) is 19.9 Å². The Bertz CT molecular complexity index is 171. The Kier molecular flexibility index (Phi) is 8.17. The summed E-state index contributed by atoms with van der Waals surface area (Å²) in [5, 5.41) is 12.4. The Hall–Kier alpha value is -0.870. The maximum atomic E-state index is 10.9. The summed E-state index contributed by atoms with van der Waals surface area (Å²) in [6, 6.07) is 0. The molecule has 0 rings (SSSR count). The first-order chi connectivity index (χ1) is 6.70. The van der Waals surface area contributed by atoms with E-state index in [9.17, 15) is 9.90 Å². The van der Waals surface area contributed by atoms with Crippen molar-refractivity contribution in [2.45, 2.75) is 25.9 Å². The Morgan fingerprint density at radius 3 is 3.00 bits per heavy atom. The molecule has 0 bridgehead atoms. The number of carbonyl (C=O) groups is 1. The van der Waals surface area contributed by atoms with Gasteiger partial charge in [0.05, 0.1) is 19.1 Å². The van der Waals surface area contributed by atoms with Crippen molar-refractivity contribution in [3.8, 4) is 0 Å². The lowest BCUT2D eigenvalue weighted by Gasteiger charge is -2.10. The van der Waals surface area contributed by atoms with Gasteiger partial charge in [-0.1, -0.05) is 6.08 Å². The van der Waals surface area contributed by atoms with Crippen molar-refractivity contribution in [2.75, 3.05) is 19.7 Å². The lowest BCUT2D eigenvalue weighted by molar-refractivity contribution is -0.145. The molecule has 4 nitrogen and oxygen atoms in total. The van der Waals surface area contributed by atoms with Crippen LogP contribution in [0.1, 0.15) is 19.8 Å². The topological polar surface area (TPSA) is 58.6 Å². The van der Waals surface area contributed by atoms with Crippen LogP contribution >= 0.6 is 0 Å². The highest BCUT2D eigenvalue weighted by Crippen LogP contribution is 1.93. The van der Waals surface area contributed by atoms with Crippen LogP contribution in [0.25, 0.3) is 0 Å². The molecule has 0 aliphatic rings. The Balaban J connectivity index is 3.39. The third kappa shape index (κ3) is 7.76. The molecular weight excluding hydrogens is 182 g/mol. The van der Waals surface area contributed by atoms with Gasteiger partial charge in [-0.15, -0.1) is 6.58 Å². The number of nitrogens with one attached hydrogen (secondary N) is 1. The maximum Gasteiger partial charge on any atom is 0.308 e. The van der Waals surface area contributed by atoms with Crippen molar-refractivity contribution in [3.63, 3.8) is 0 Å².